The number of hydrogen-bond donors (Lipinski definition) is 1. The quantitative estimate of drug-likeness (QED) is 0.505. The van der Waals surface area contributed by atoms with Gasteiger partial charge in [-0.05, 0) is 13.0 Å². The van der Waals surface area contributed by atoms with Crippen molar-refractivity contribution < 1.29 is 5.64 Å². The van der Waals surface area contributed by atoms with Crippen molar-refractivity contribution in [2.75, 3.05) is 24.6 Å². The molecule has 0 bridgehead atoms. The van der Waals surface area contributed by atoms with Crippen LogP contribution >= 0.6 is 0 Å². The molecule has 3 heteroatoms. The van der Waals surface area contributed by atoms with Crippen molar-refractivity contribution in [1.82, 2.24) is 5.32 Å². The lowest BCUT2D eigenvalue weighted by atomic mass is 10.5. The molecule has 1 saturated heterocycles. The lowest BCUT2D eigenvalue weighted by molar-refractivity contribution is 0.683. The Kier molecular flexibility index (Phi) is 2.49. The second-order valence-electron chi connectivity index (χ2n) is 1.95. The minimum absolute atomic E-state index is 0. The Hall–Kier alpha value is 0.110. The van der Waals surface area contributed by atoms with Gasteiger partial charge >= 0.3 is 0 Å². The second-order valence-corrected chi connectivity index (χ2v) is 3.65. The normalized spacial score (nSPS) is 31.8. The molecule has 8 heavy (non-hydrogen) atoms. The first kappa shape index (κ1) is 6.23. The summed E-state index contributed by atoms with van der Waals surface area (Å²) in [6.07, 6.45) is 1.08. The maximum absolute atomic E-state index is 10.8. The molecule has 0 aliphatic carbocycles. The van der Waals surface area contributed by atoms with Crippen molar-refractivity contribution in [3.05, 3.63) is 0 Å². The van der Waals surface area contributed by atoms with Crippen LogP contribution in [0.15, 0.2) is 0 Å². The Morgan fingerprint density at radius 1 is 1.38 bits per heavy atom. The Labute approximate surface area is 53.6 Å². The van der Waals surface area contributed by atoms with Gasteiger partial charge in [0.05, 0.1) is 0 Å². The van der Waals surface area contributed by atoms with E-state index in [1.165, 1.54) is 0 Å². The van der Waals surface area contributed by atoms with Gasteiger partial charge in [0.2, 0.25) is 0 Å². The summed E-state index contributed by atoms with van der Waals surface area (Å²) in [5.74, 6) is 1.74. The van der Waals surface area contributed by atoms with Crippen LogP contribution in [0.5, 0.6) is 0 Å². The summed E-state index contributed by atoms with van der Waals surface area (Å²) in [5.41, 5.74) is 0. The Morgan fingerprint density at radius 2 is 2.25 bits per heavy atom. The SMILES string of the molecule is O=S1CCCNCC1.[HH]. The van der Waals surface area contributed by atoms with Crippen LogP contribution in [0, 0.1) is 0 Å². The molecule has 1 unspecified atom stereocenters. The molecule has 1 aliphatic heterocycles. The van der Waals surface area contributed by atoms with Gasteiger partial charge < -0.3 is 5.32 Å². The zero-order chi connectivity index (χ0) is 5.82. The van der Waals surface area contributed by atoms with Crippen LogP contribution in [0.1, 0.15) is 7.85 Å². The summed E-state index contributed by atoms with van der Waals surface area (Å²) < 4.78 is 10.8. The van der Waals surface area contributed by atoms with E-state index in [0.717, 1.165) is 31.0 Å². The highest BCUT2D eigenvalue weighted by Crippen LogP contribution is 1.89. The van der Waals surface area contributed by atoms with Gasteiger partial charge in [0.25, 0.3) is 0 Å². The Bertz CT molecular complexity index is 89.0. The first-order chi connectivity index (χ1) is 3.89. The van der Waals surface area contributed by atoms with Gasteiger partial charge in [0, 0.05) is 30.3 Å². The molecule has 0 aromatic rings. The molecule has 0 radical (unpaired) electrons. The van der Waals surface area contributed by atoms with Crippen molar-refractivity contribution in [2.45, 2.75) is 6.42 Å². The van der Waals surface area contributed by atoms with E-state index >= 15 is 0 Å². The number of nitrogens with one attached hydrogen (secondary N) is 1. The molecule has 50 valence electrons. The van der Waals surface area contributed by atoms with Crippen LogP contribution < -0.4 is 5.32 Å². The molecule has 0 spiro atoms. The van der Waals surface area contributed by atoms with E-state index in [-0.39, 0.29) is 1.43 Å². The predicted molar refractivity (Wildman–Crippen MR) is 37.5 cm³/mol. The molecular formula is C5H13NOS. The van der Waals surface area contributed by atoms with Crippen LogP contribution in [0.4, 0.5) is 0 Å². The fourth-order valence-corrected chi connectivity index (χ4v) is 1.81. The highest BCUT2D eigenvalue weighted by atomic mass is 32.2. The molecule has 0 amide bonds. The molecule has 2 nitrogen and oxygen atoms in total. The Morgan fingerprint density at radius 3 is 3.12 bits per heavy atom. The fraction of sp³-hybridized carbons (Fsp3) is 1.00. The molecular weight excluding hydrogens is 122 g/mol. The van der Waals surface area contributed by atoms with E-state index in [4.69, 9.17) is 0 Å². The summed E-state index contributed by atoms with van der Waals surface area (Å²) in [6.45, 7) is 1.98. The lowest BCUT2D eigenvalue weighted by Gasteiger charge is -1.91. The van der Waals surface area contributed by atoms with Gasteiger partial charge in [-0.15, -0.1) is 0 Å². The highest BCUT2D eigenvalue weighted by Gasteiger charge is 2.02. The maximum atomic E-state index is 10.8. The largest absolute Gasteiger partial charge is 0.316 e. The van der Waals surface area contributed by atoms with E-state index < -0.39 is 10.8 Å². The van der Waals surface area contributed by atoms with E-state index in [2.05, 4.69) is 5.32 Å². The third-order valence-corrected chi connectivity index (χ3v) is 2.64. The highest BCUT2D eigenvalue weighted by molar-refractivity contribution is 7.85. The summed E-state index contributed by atoms with van der Waals surface area (Å²) in [6, 6.07) is 0. The van der Waals surface area contributed by atoms with E-state index in [1.807, 2.05) is 0 Å². The number of hydrogen-bond acceptors (Lipinski definition) is 2. The van der Waals surface area contributed by atoms with Crippen molar-refractivity contribution in [3.8, 4) is 0 Å². The third kappa shape index (κ3) is 1.92. The summed E-state index contributed by atoms with van der Waals surface area (Å²) in [7, 11) is -0.520. The second kappa shape index (κ2) is 3.20. The average Bonchev–Trinajstić information content (AvgIpc) is 1.94. The summed E-state index contributed by atoms with van der Waals surface area (Å²) in [4.78, 5) is 0. The van der Waals surface area contributed by atoms with Gasteiger partial charge in [-0.3, -0.25) is 4.21 Å². The van der Waals surface area contributed by atoms with Crippen LogP contribution in [0.3, 0.4) is 0 Å². The van der Waals surface area contributed by atoms with Gasteiger partial charge in [-0.25, -0.2) is 0 Å². The molecule has 0 saturated carbocycles. The first-order valence-electron chi connectivity index (χ1n) is 2.95. The van der Waals surface area contributed by atoms with Crippen LogP contribution in [-0.2, 0) is 10.8 Å². The standard InChI is InChI=1S/C5H11NOS.H2/c7-8-4-1-2-6-3-5-8;/h6H,1-5H2;1H. The van der Waals surface area contributed by atoms with Crippen molar-refractivity contribution in [3.63, 3.8) is 0 Å². The van der Waals surface area contributed by atoms with E-state index in [9.17, 15) is 4.21 Å². The molecule has 1 aliphatic rings. The minimum Gasteiger partial charge on any atom is -0.316 e. The first-order valence-corrected chi connectivity index (χ1v) is 4.44. The monoisotopic (exact) mass is 135 g/mol. The molecule has 1 fully saturated rings. The fourth-order valence-electron chi connectivity index (χ4n) is 0.771. The Balaban J connectivity index is 0.000000640. The van der Waals surface area contributed by atoms with Gasteiger partial charge in [-0.2, -0.15) is 0 Å². The van der Waals surface area contributed by atoms with E-state index in [0.29, 0.717) is 0 Å². The average molecular weight is 135 g/mol. The molecule has 1 rings (SSSR count). The zero-order valence-electron chi connectivity index (χ0n) is 4.85. The molecule has 1 heterocycles. The maximum Gasteiger partial charge on any atom is 0.0360 e. The van der Waals surface area contributed by atoms with Crippen molar-refractivity contribution >= 4 is 10.8 Å². The molecule has 1 N–H and O–H groups in total. The third-order valence-electron chi connectivity index (χ3n) is 1.23. The van der Waals surface area contributed by atoms with Gasteiger partial charge in [0.15, 0.2) is 0 Å². The van der Waals surface area contributed by atoms with Crippen LogP contribution in [0.25, 0.3) is 0 Å². The predicted octanol–water partition coefficient (Wildman–Crippen LogP) is -0.0256. The zero-order valence-corrected chi connectivity index (χ0v) is 5.67. The van der Waals surface area contributed by atoms with Gasteiger partial charge in [0.1, 0.15) is 0 Å². The van der Waals surface area contributed by atoms with Crippen LogP contribution in [-0.4, -0.2) is 28.8 Å². The van der Waals surface area contributed by atoms with E-state index in [1.54, 1.807) is 0 Å². The van der Waals surface area contributed by atoms with Crippen LogP contribution in [0.2, 0.25) is 0 Å². The van der Waals surface area contributed by atoms with Crippen molar-refractivity contribution in [2.24, 2.45) is 0 Å². The summed E-state index contributed by atoms with van der Waals surface area (Å²) in [5, 5.41) is 3.18. The minimum atomic E-state index is -0.520. The van der Waals surface area contributed by atoms with Crippen molar-refractivity contribution in [1.29, 1.82) is 0 Å². The smallest absolute Gasteiger partial charge is 0.0360 e. The van der Waals surface area contributed by atoms with Gasteiger partial charge in [-0.1, -0.05) is 0 Å². The number of rotatable bonds is 0. The molecule has 0 aromatic heterocycles. The summed E-state index contributed by atoms with van der Waals surface area (Å²) >= 11 is 0. The topological polar surface area (TPSA) is 29.1 Å². The molecule has 1 atom stereocenters. The molecule has 0 aromatic carbocycles. The lowest BCUT2D eigenvalue weighted by Crippen LogP contribution is -2.16.